The molecule has 1 aromatic rings. The lowest BCUT2D eigenvalue weighted by Gasteiger charge is -2.43. The van der Waals surface area contributed by atoms with E-state index in [0.29, 0.717) is 24.6 Å². The average Bonchev–Trinajstić information content (AvgIpc) is 3.53. The predicted octanol–water partition coefficient (Wildman–Crippen LogP) is 8.47. The first-order valence-corrected chi connectivity index (χ1v) is 22.8. The SMILES string of the molecule is CCCCCCN(C(=O)[C@@H](NC(=O)[C@H]1C[C@H](C)CCN1C)[C@@H](C)CC)[C@H](C[C@@H](O[Si](C)(C)C(C)(C)C)c1nc(C(=O)OCC)cs1)C(C)C. The topological polar surface area (TPSA) is 101 Å². The van der Waals surface area contributed by atoms with Crippen molar-refractivity contribution < 1.29 is 23.5 Å². The quantitative estimate of drug-likeness (QED) is 0.0869. The predicted molar refractivity (Wildman–Crippen MR) is 204 cm³/mol. The number of rotatable bonds is 19. The Morgan fingerprint density at radius 2 is 1.80 bits per heavy atom. The summed E-state index contributed by atoms with van der Waals surface area (Å²) >= 11 is 1.42. The van der Waals surface area contributed by atoms with Crippen molar-refractivity contribution in [3.8, 4) is 0 Å². The summed E-state index contributed by atoms with van der Waals surface area (Å²) < 4.78 is 12.4. The highest BCUT2D eigenvalue weighted by Crippen LogP contribution is 2.42. The Hall–Kier alpha value is -1.82. The van der Waals surface area contributed by atoms with Gasteiger partial charge in [0.05, 0.1) is 18.8 Å². The summed E-state index contributed by atoms with van der Waals surface area (Å²) in [6, 6.07) is -1.02. The molecule has 2 heterocycles. The molecular weight excluding hydrogens is 653 g/mol. The Balaban J connectivity index is 2.57. The number of amides is 2. The van der Waals surface area contributed by atoms with Gasteiger partial charge in [-0.1, -0.05) is 88.0 Å². The van der Waals surface area contributed by atoms with Crippen LogP contribution in [0, 0.1) is 17.8 Å². The zero-order chi connectivity index (χ0) is 37.1. The highest BCUT2D eigenvalue weighted by atomic mass is 32.1. The van der Waals surface area contributed by atoms with Crippen molar-refractivity contribution in [3.63, 3.8) is 0 Å². The van der Waals surface area contributed by atoms with Crippen molar-refractivity contribution in [3.05, 3.63) is 16.1 Å². The Bertz CT molecular complexity index is 1190. The highest BCUT2D eigenvalue weighted by molar-refractivity contribution is 7.09. The van der Waals surface area contributed by atoms with E-state index in [1.54, 1.807) is 12.3 Å². The van der Waals surface area contributed by atoms with Gasteiger partial charge in [-0.3, -0.25) is 14.5 Å². The molecule has 1 aliphatic heterocycles. The lowest BCUT2D eigenvalue weighted by atomic mass is 9.90. The van der Waals surface area contributed by atoms with Crippen molar-refractivity contribution in [1.29, 1.82) is 0 Å². The summed E-state index contributed by atoms with van der Waals surface area (Å²) in [7, 11) is -0.284. The molecule has 282 valence electrons. The molecule has 0 unspecified atom stereocenters. The van der Waals surface area contributed by atoms with Crippen molar-refractivity contribution in [2.24, 2.45) is 17.8 Å². The number of ether oxygens (including phenoxy) is 1. The largest absolute Gasteiger partial charge is 0.461 e. The molecule has 0 radical (unpaired) electrons. The van der Waals surface area contributed by atoms with E-state index in [1.165, 1.54) is 11.3 Å². The number of piperidine rings is 1. The summed E-state index contributed by atoms with van der Waals surface area (Å²) in [6.45, 7) is 27.6. The van der Waals surface area contributed by atoms with Gasteiger partial charge in [0.15, 0.2) is 14.0 Å². The van der Waals surface area contributed by atoms with Crippen LogP contribution in [-0.4, -0.2) is 85.8 Å². The molecule has 49 heavy (non-hydrogen) atoms. The molecule has 1 saturated heterocycles. The van der Waals surface area contributed by atoms with Crippen LogP contribution >= 0.6 is 11.3 Å². The van der Waals surface area contributed by atoms with E-state index in [4.69, 9.17) is 14.1 Å². The Morgan fingerprint density at radius 3 is 2.37 bits per heavy atom. The van der Waals surface area contributed by atoms with Gasteiger partial charge in [-0.2, -0.15) is 0 Å². The number of nitrogens with zero attached hydrogens (tertiary/aromatic N) is 3. The number of esters is 1. The molecule has 9 nitrogen and oxygen atoms in total. The highest BCUT2D eigenvalue weighted by Gasteiger charge is 2.43. The first-order valence-electron chi connectivity index (χ1n) is 19.0. The Morgan fingerprint density at radius 1 is 1.12 bits per heavy atom. The second kappa shape index (κ2) is 19.7. The van der Waals surface area contributed by atoms with Crippen LogP contribution in [0.1, 0.15) is 142 Å². The van der Waals surface area contributed by atoms with Crippen LogP contribution in [0.25, 0.3) is 0 Å². The molecule has 0 aromatic carbocycles. The number of aromatic nitrogens is 1. The fraction of sp³-hybridized carbons (Fsp3) is 0.842. The first kappa shape index (κ1) is 43.3. The Kier molecular flexibility index (Phi) is 17.4. The van der Waals surface area contributed by atoms with Crippen LogP contribution in [0.3, 0.4) is 0 Å². The minimum absolute atomic E-state index is 0.0122. The van der Waals surface area contributed by atoms with E-state index in [0.717, 1.165) is 56.5 Å². The number of carbonyl (C=O) groups is 3. The molecule has 1 aliphatic rings. The molecule has 11 heteroatoms. The van der Waals surface area contributed by atoms with Crippen LogP contribution in [0.4, 0.5) is 0 Å². The van der Waals surface area contributed by atoms with Gasteiger partial charge in [0.1, 0.15) is 11.0 Å². The van der Waals surface area contributed by atoms with Crippen LogP contribution in [0.2, 0.25) is 18.1 Å². The van der Waals surface area contributed by atoms with Gasteiger partial charge in [0, 0.05) is 18.0 Å². The molecule has 0 bridgehead atoms. The van der Waals surface area contributed by atoms with Crippen LogP contribution in [0.5, 0.6) is 0 Å². The van der Waals surface area contributed by atoms with Gasteiger partial charge in [-0.05, 0) is 82.1 Å². The minimum Gasteiger partial charge on any atom is -0.461 e. The molecule has 1 N–H and O–H groups in total. The minimum atomic E-state index is -2.30. The fourth-order valence-electron chi connectivity index (χ4n) is 6.27. The maximum Gasteiger partial charge on any atom is 0.357 e. The van der Waals surface area contributed by atoms with E-state index in [2.05, 4.69) is 90.5 Å². The Labute approximate surface area is 303 Å². The third-order valence-electron chi connectivity index (χ3n) is 10.9. The van der Waals surface area contributed by atoms with Crippen molar-refractivity contribution in [2.75, 3.05) is 26.7 Å². The lowest BCUT2D eigenvalue weighted by Crippen LogP contribution is -2.59. The van der Waals surface area contributed by atoms with Gasteiger partial charge < -0.3 is 19.4 Å². The van der Waals surface area contributed by atoms with Crippen molar-refractivity contribution >= 4 is 37.4 Å². The number of thiazole rings is 1. The van der Waals surface area contributed by atoms with Crippen molar-refractivity contribution in [1.82, 2.24) is 20.1 Å². The molecular formula is C38H70N4O5SSi. The van der Waals surface area contributed by atoms with E-state index in [-0.39, 0.29) is 47.4 Å². The molecule has 2 amide bonds. The summed E-state index contributed by atoms with van der Waals surface area (Å²) in [5.41, 5.74) is 0.292. The van der Waals surface area contributed by atoms with Gasteiger partial charge in [0.25, 0.3) is 0 Å². The second-order valence-corrected chi connectivity index (χ2v) is 21.9. The number of likely N-dealkylation sites (tertiary alicyclic amines) is 1. The summed E-state index contributed by atoms with van der Waals surface area (Å²) in [4.78, 5) is 50.4. The van der Waals surface area contributed by atoms with Gasteiger partial charge >= 0.3 is 5.97 Å². The molecule has 0 aliphatic carbocycles. The number of carbonyl (C=O) groups excluding carboxylic acids is 3. The van der Waals surface area contributed by atoms with Crippen molar-refractivity contribution in [2.45, 2.75) is 163 Å². The maximum atomic E-state index is 14.9. The summed E-state index contributed by atoms with van der Waals surface area (Å²) in [6.07, 6.45) is 6.94. The summed E-state index contributed by atoms with van der Waals surface area (Å²) in [5, 5.41) is 5.72. The monoisotopic (exact) mass is 722 g/mol. The molecule has 1 fully saturated rings. The molecule has 1 aromatic heterocycles. The number of hydrogen-bond acceptors (Lipinski definition) is 8. The van der Waals surface area contributed by atoms with Crippen LogP contribution in [-0.2, 0) is 18.8 Å². The van der Waals surface area contributed by atoms with E-state index < -0.39 is 26.4 Å². The maximum absolute atomic E-state index is 14.9. The van der Waals surface area contributed by atoms with E-state index in [1.807, 2.05) is 7.05 Å². The van der Waals surface area contributed by atoms with E-state index >= 15 is 0 Å². The smallest absolute Gasteiger partial charge is 0.357 e. The third-order valence-corrected chi connectivity index (χ3v) is 16.3. The zero-order valence-corrected chi connectivity index (χ0v) is 35.0. The molecule has 2 rings (SSSR count). The van der Waals surface area contributed by atoms with E-state index in [9.17, 15) is 14.4 Å². The average molecular weight is 723 g/mol. The zero-order valence-electron chi connectivity index (χ0n) is 33.2. The lowest BCUT2D eigenvalue weighted by molar-refractivity contribution is -0.143. The number of nitrogens with one attached hydrogen (secondary N) is 1. The molecule has 6 atom stereocenters. The fourth-order valence-corrected chi connectivity index (χ4v) is 8.46. The number of likely N-dealkylation sites (N-methyl/N-ethyl adjacent to an activating group) is 1. The number of hydrogen-bond donors (Lipinski definition) is 1. The second-order valence-electron chi connectivity index (χ2n) is 16.3. The third kappa shape index (κ3) is 12.4. The van der Waals surface area contributed by atoms with Gasteiger partial charge in [-0.25, -0.2) is 9.78 Å². The van der Waals surface area contributed by atoms with Crippen LogP contribution in [0.15, 0.2) is 5.38 Å². The van der Waals surface area contributed by atoms with Gasteiger partial charge in [0.2, 0.25) is 11.8 Å². The normalized spacial score (nSPS) is 20.0. The molecule has 0 saturated carbocycles. The van der Waals surface area contributed by atoms with Crippen LogP contribution < -0.4 is 5.32 Å². The standard InChI is InChI=1S/C38H70N4O5SSi/c1-14-17-18-19-21-42(36(44)33(28(7)15-2)40-34(43)31-23-27(6)20-22-41(31)11)30(26(4)5)24-32(47-49(12,13)38(8,9)10)35-39-29(25-48-35)37(45)46-16-3/h25-28,30-33H,14-24H2,1-13H3,(H,40,43)/t27-,28+,30-,31-,32-,33+/m1/s1. The number of unbranched alkanes of at least 4 members (excludes halogenated alkanes) is 3. The van der Waals surface area contributed by atoms with Gasteiger partial charge in [-0.15, -0.1) is 11.3 Å². The summed E-state index contributed by atoms with van der Waals surface area (Å²) in [5.74, 6) is 0.0605. The first-order chi connectivity index (χ1) is 22.9. The molecule has 0 spiro atoms.